The SMILES string of the molecule is O=C(Nc1ccc2ncccc2c1)c1cc(F)c(F)cc1Cl. The smallest absolute Gasteiger partial charge is 0.257 e. The summed E-state index contributed by atoms with van der Waals surface area (Å²) in [4.78, 5) is 16.3. The summed E-state index contributed by atoms with van der Waals surface area (Å²) in [6.07, 6.45) is 1.67. The number of carbonyl (C=O) groups excluding carboxylic acids is 1. The third-order valence-electron chi connectivity index (χ3n) is 3.12. The summed E-state index contributed by atoms with van der Waals surface area (Å²) >= 11 is 5.78. The second kappa shape index (κ2) is 5.69. The molecule has 1 aromatic heterocycles. The third-order valence-corrected chi connectivity index (χ3v) is 3.43. The van der Waals surface area contributed by atoms with Crippen molar-refractivity contribution in [3.05, 3.63) is 70.9 Å². The largest absolute Gasteiger partial charge is 0.322 e. The molecule has 1 amide bonds. The van der Waals surface area contributed by atoms with Gasteiger partial charge in [-0.1, -0.05) is 17.7 Å². The van der Waals surface area contributed by atoms with Gasteiger partial charge < -0.3 is 5.32 Å². The fourth-order valence-corrected chi connectivity index (χ4v) is 2.28. The molecule has 0 aliphatic carbocycles. The van der Waals surface area contributed by atoms with Gasteiger partial charge in [0.1, 0.15) is 0 Å². The number of rotatable bonds is 2. The van der Waals surface area contributed by atoms with Crippen LogP contribution in [0.4, 0.5) is 14.5 Å². The second-order valence-corrected chi connectivity index (χ2v) is 5.02. The van der Waals surface area contributed by atoms with Crippen LogP contribution < -0.4 is 5.32 Å². The lowest BCUT2D eigenvalue weighted by Gasteiger charge is -2.08. The lowest BCUT2D eigenvalue weighted by atomic mass is 10.1. The highest BCUT2D eigenvalue weighted by molar-refractivity contribution is 6.34. The zero-order chi connectivity index (χ0) is 15.7. The molecule has 3 nitrogen and oxygen atoms in total. The average Bonchev–Trinajstić information content (AvgIpc) is 2.50. The maximum atomic E-state index is 13.2. The first-order valence-electron chi connectivity index (χ1n) is 6.35. The summed E-state index contributed by atoms with van der Waals surface area (Å²) in [6.45, 7) is 0. The van der Waals surface area contributed by atoms with E-state index in [1.807, 2.05) is 6.07 Å². The minimum Gasteiger partial charge on any atom is -0.322 e. The Labute approximate surface area is 129 Å². The molecule has 0 unspecified atom stereocenters. The monoisotopic (exact) mass is 318 g/mol. The number of hydrogen-bond donors (Lipinski definition) is 1. The molecule has 1 N–H and O–H groups in total. The fraction of sp³-hybridized carbons (Fsp3) is 0. The molecule has 110 valence electrons. The van der Waals surface area contributed by atoms with E-state index < -0.39 is 17.5 Å². The maximum Gasteiger partial charge on any atom is 0.257 e. The molecular formula is C16H9ClF2N2O. The highest BCUT2D eigenvalue weighted by atomic mass is 35.5. The number of hydrogen-bond acceptors (Lipinski definition) is 2. The van der Waals surface area contributed by atoms with Gasteiger partial charge in [0.25, 0.3) is 5.91 Å². The highest BCUT2D eigenvalue weighted by Gasteiger charge is 2.15. The van der Waals surface area contributed by atoms with E-state index in [9.17, 15) is 13.6 Å². The predicted molar refractivity (Wildman–Crippen MR) is 81.1 cm³/mol. The highest BCUT2D eigenvalue weighted by Crippen LogP contribution is 2.22. The van der Waals surface area contributed by atoms with Crippen LogP contribution in [0.5, 0.6) is 0 Å². The number of amides is 1. The minimum absolute atomic E-state index is 0.133. The Morgan fingerprint density at radius 2 is 1.86 bits per heavy atom. The van der Waals surface area contributed by atoms with Crippen molar-refractivity contribution in [1.29, 1.82) is 0 Å². The molecule has 6 heteroatoms. The number of nitrogens with one attached hydrogen (secondary N) is 1. The zero-order valence-electron chi connectivity index (χ0n) is 11.1. The van der Waals surface area contributed by atoms with Crippen molar-refractivity contribution in [2.24, 2.45) is 0 Å². The number of nitrogens with zero attached hydrogens (tertiary/aromatic N) is 1. The molecule has 0 radical (unpaired) electrons. The lowest BCUT2D eigenvalue weighted by molar-refractivity contribution is 0.102. The van der Waals surface area contributed by atoms with Gasteiger partial charge in [0, 0.05) is 17.3 Å². The molecule has 0 spiro atoms. The third kappa shape index (κ3) is 2.76. The van der Waals surface area contributed by atoms with Crippen molar-refractivity contribution >= 4 is 34.1 Å². The molecule has 2 aromatic carbocycles. The zero-order valence-corrected chi connectivity index (χ0v) is 11.9. The minimum atomic E-state index is -1.13. The molecule has 0 bridgehead atoms. The Bertz CT molecular complexity index is 883. The summed E-state index contributed by atoms with van der Waals surface area (Å²) < 4.78 is 26.3. The van der Waals surface area contributed by atoms with Crippen LogP contribution in [0.25, 0.3) is 10.9 Å². The quantitative estimate of drug-likeness (QED) is 0.711. The molecule has 0 atom stereocenters. The second-order valence-electron chi connectivity index (χ2n) is 4.61. The van der Waals surface area contributed by atoms with Crippen LogP contribution >= 0.6 is 11.6 Å². The molecule has 0 fully saturated rings. The van der Waals surface area contributed by atoms with Crippen molar-refractivity contribution < 1.29 is 13.6 Å². The summed E-state index contributed by atoms with van der Waals surface area (Å²) in [7, 11) is 0. The Morgan fingerprint density at radius 3 is 2.68 bits per heavy atom. The van der Waals surface area contributed by atoms with E-state index in [1.54, 1.807) is 30.5 Å². The number of aromatic nitrogens is 1. The van der Waals surface area contributed by atoms with Gasteiger partial charge in [-0.25, -0.2) is 8.78 Å². The van der Waals surface area contributed by atoms with Crippen LogP contribution in [0.1, 0.15) is 10.4 Å². The summed E-state index contributed by atoms with van der Waals surface area (Å²) in [5, 5.41) is 3.29. The first kappa shape index (κ1) is 14.4. The van der Waals surface area contributed by atoms with Crippen LogP contribution in [0, 0.1) is 11.6 Å². The van der Waals surface area contributed by atoms with E-state index in [2.05, 4.69) is 10.3 Å². The van der Waals surface area contributed by atoms with Crippen molar-refractivity contribution in [3.8, 4) is 0 Å². The van der Waals surface area contributed by atoms with Crippen molar-refractivity contribution in [2.45, 2.75) is 0 Å². The molecule has 3 aromatic rings. The predicted octanol–water partition coefficient (Wildman–Crippen LogP) is 4.42. The molecule has 1 heterocycles. The van der Waals surface area contributed by atoms with Gasteiger partial charge in [-0.3, -0.25) is 9.78 Å². The number of fused-ring (bicyclic) bond motifs is 1. The van der Waals surface area contributed by atoms with Crippen LogP contribution in [0.3, 0.4) is 0 Å². The van der Waals surface area contributed by atoms with Crippen molar-refractivity contribution in [3.63, 3.8) is 0 Å². The number of pyridine rings is 1. The van der Waals surface area contributed by atoms with Gasteiger partial charge >= 0.3 is 0 Å². The summed E-state index contributed by atoms with van der Waals surface area (Å²) in [6, 6.07) is 10.3. The molecular weight excluding hydrogens is 310 g/mol. The average molecular weight is 319 g/mol. The number of halogens is 3. The van der Waals surface area contributed by atoms with Gasteiger partial charge in [-0.15, -0.1) is 0 Å². The number of benzene rings is 2. The van der Waals surface area contributed by atoms with E-state index in [4.69, 9.17) is 11.6 Å². The molecule has 3 rings (SSSR count). The normalized spacial score (nSPS) is 10.7. The van der Waals surface area contributed by atoms with Gasteiger partial charge in [0.05, 0.1) is 16.1 Å². The van der Waals surface area contributed by atoms with Crippen molar-refractivity contribution in [2.75, 3.05) is 5.32 Å². The maximum absolute atomic E-state index is 13.2. The first-order chi connectivity index (χ1) is 10.5. The molecule has 0 aliphatic heterocycles. The summed E-state index contributed by atoms with van der Waals surface area (Å²) in [5.74, 6) is -2.84. The Hall–Kier alpha value is -2.53. The van der Waals surface area contributed by atoms with E-state index in [-0.39, 0.29) is 10.6 Å². The summed E-state index contributed by atoms with van der Waals surface area (Å²) in [5.41, 5.74) is 1.16. The van der Waals surface area contributed by atoms with E-state index in [0.29, 0.717) is 5.69 Å². The van der Waals surface area contributed by atoms with E-state index in [0.717, 1.165) is 23.0 Å². The van der Waals surface area contributed by atoms with Crippen molar-refractivity contribution in [1.82, 2.24) is 4.98 Å². The topological polar surface area (TPSA) is 42.0 Å². The van der Waals surface area contributed by atoms with E-state index >= 15 is 0 Å². The van der Waals surface area contributed by atoms with Gasteiger partial charge in [0.15, 0.2) is 11.6 Å². The van der Waals surface area contributed by atoms with Crippen LogP contribution in [-0.2, 0) is 0 Å². The van der Waals surface area contributed by atoms with Crippen LogP contribution in [0.15, 0.2) is 48.7 Å². The standard InChI is InChI=1S/C16H9ClF2N2O/c17-12-8-14(19)13(18)7-11(12)16(22)21-10-3-4-15-9(6-10)2-1-5-20-15/h1-8H,(H,21,22). The number of carbonyl (C=O) groups is 1. The molecule has 0 saturated heterocycles. The molecule has 0 aliphatic rings. The lowest BCUT2D eigenvalue weighted by Crippen LogP contribution is -2.13. The molecule has 22 heavy (non-hydrogen) atoms. The molecule has 0 saturated carbocycles. The Balaban J connectivity index is 1.91. The van der Waals surface area contributed by atoms with Gasteiger partial charge in [-0.05, 0) is 36.4 Å². The fourth-order valence-electron chi connectivity index (χ4n) is 2.05. The first-order valence-corrected chi connectivity index (χ1v) is 6.73. The van der Waals surface area contributed by atoms with Crippen LogP contribution in [0.2, 0.25) is 5.02 Å². The van der Waals surface area contributed by atoms with E-state index in [1.165, 1.54) is 0 Å². The van der Waals surface area contributed by atoms with Gasteiger partial charge in [0.2, 0.25) is 0 Å². The number of anilines is 1. The van der Waals surface area contributed by atoms with Crippen LogP contribution in [-0.4, -0.2) is 10.9 Å². The Kier molecular flexibility index (Phi) is 3.73. The Morgan fingerprint density at radius 1 is 1.09 bits per heavy atom. The van der Waals surface area contributed by atoms with Gasteiger partial charge in [-0.2, -0.15) is 0 Å².